The normalized spacial score (nSPS) is 23.8. The predicted molar refractivity (Wildman–Crippen MR) is 96.7 cm³/mol. The van der Waals surface area contributed by atoms with Crippen LogP contribution in [0.4, 0.5) is 10.6 Å². The van der Waals surface area contributed by atoms with Gasteiger partial charge >= 0.3 is 6.03 Å². The van der Waals surface area contributed by atoms with E-state index >= 15 is 0 Å². The fourth-order valence-electron chi connectivity index (χ4n) is 3.51. The Hall–Kier alpha value is -2.02. The average molecular weight is 366 g/mol. The Labute approximate surface area is 152 Å². The lowest BCUT2D eigenvalue weighted by Gasteiger charge is -2.37. The van der Waals surface area contributed by atoms with Gasteiger partial charge in [-0.3, -0.25) is 4.79 Å². The Morgan fingerprint density at radius 3 is 2.96 bits per heavy atom. The van der Waals surface area contributed by atoms with Gasteiger partial charge in [0.1, 0.15) is 11.9 Å². The average Bonchev–Trinajstić information content (AvgIpc) is 3.02. The van der Waals surface area contributed by atoms with E-state index in [-0.39, 0.29) is 23.9 Å². The number of halogens is 1. The van der Waals surface area contributed by atoms with Gasteiger partial charge < -0.3 is 20.4 Å². The Kier molecular flexibility index (Phi) is 5.32. The van der Waals surface area contributed by atoms with Crippen LogP contribution in [0, 0.1) is 5.92 Å². The number of hydrogen-bond donors (Lipinski definition) is 2. The van der Waals surface area contributed by atoms with Crippen LogP contribution in [0.5, 0.6) is 0 Å². The van der Waals surface area contributed by atoms with E-state index in [1.807, 2.05) is 19.9 Å². The molecular weight excluding hydrogens is 342 g/mol. The van der Waals surface area contributed by atoms with Crippen LogP contribution >= 0.6 is 11.6 Å². The van der Waals surface area contributed by atoms with Crippen LogP contribution in [0.25, 0.3) is 0 Å². The molecule has 0 aromatic carbocycles. The van der Waals surface area contributed by atoms with E-state index in [2.05, 4.69) is 20.5 Å². The smallest absolute Gasteiger partial charge is 0.318 e. The first-order chi connectivity index (χ1) is 12.0. The molecule has 2 aliphatic heterocycles. The van der Waals surface area contributed by atoms with Crippen molar-refractivity contribution in [3.8, 4) is 0 Å². The highest BCUT2D eigenvalue weighted by Crippen LogP contribution is 2.26. The minimum absolute atomic E-state index is 0.0170. The van der Waals surface area contributed by atoms with Crippen molar-refractivity contribution < 1.29 is 9.59 Å². The van der Waals surface area contributed by atoms with Gasteiger partial charge in [-0.15, -0.1) is 0 Å². The summed E-state index contributed by atoms with van der Waals surface area (Å²) < 4.78 is 0. The highest BCUT2D eigenvalue weighted by atomic mass is 35.5. The Morgan fingerprint density at radius 1 is 1.44 bits per heavy atom. The summed E-state index contributed by atoms with van der Waals surface area (Å²) in [5.41, 5.74) is 0. The standard InChI is InChI=1S/C17H24ClN5O2/c1-11(2)14-16(24)20-7-9-23(14)17(25)21-12-5-8-22(10-12)15-13(18)4-3-6-19-15/h3-4,6,11-12,14H,5,7-10H2,1-2H3,(H,20,24)(H,21,25)/t12-,14+/m1/s1. The molecular formula is C17H24ClN5O2. The number of rotatable bonds is 3. The van der Waals surface area contributed by atoms with Gasteiger partial charge in [-0.1, -0.05) is 25.4 Å². The summed E-state index contributed by atoms with van der Waals surface area (Å²) in [5, 5.41) is 6.52. The van der Waals surface area contributed by atoms with Crippen molar-refractivity contribution in [2.75, 3.05) is 31.1 Å². The number of piperazine rings is 1. The molecule has 8 heteroatoms. The number of aromatic nitrogens is 1. The molecule has 3 heterocycles. The van der Waals surface area contributed by atoms with E-state index in [9.17, 15) is 9.59 Å². The Bertz CT molecular complexity index is 654. The number of carbonyl (C=O) groups excluding carboxylic acids is 2. The van der Waals surface area contributed by atoms with Gasteiger partial charge in [0, 0.05) is 38.4 Å². The summed E-state index contributed by atoms with van der Waals surface area (Å²) in [6.07, 6.45) is 2.54. The number of urea groups is 1. The highest BCUT2D eigenvalue weighted by Gasteiger charge is 2.36. The molecule has 2 fully saturated rings. The van der Waals surface area contributed by atoms with E-state index in [0.717, 1.165) is 18.8 Å². The minimum atomic E-state index is -0.420. The van der Waals surface area contributed by atoms with Crippen molar-refractivity contribution in [2.24, 2.45) is 5.92 Å². The molecule has 3 amide bonds. The molecule has 25 heavy (non-hydrogen) atoms. The van der Waals surface area contributed by atoms with Gasteiger partial charge in [-0.25, -0.2) is 9.78 Å². The van der Waals surface area contributed by atoms with E-state index in [1.54, 1.807) is 17.2 Å². The van der Waals surface area contributed by atoms with Crippen LogP contribution in [0.3, 0.4) is 0 Å². The molecule has 1 aromatic rings. The second-order valence-electron chi connectivity index (χ2n) is 6.86. The van der Waals surface area contributed by atoms with Gasteiger partial charge in [0.2, 0.25) is 5.91 Å². The maximum Gasteiger partial charge on any atom is 0.318 e. The molecule has 0 radical (unpaired) electrons. The number of pyridine rings is 1. The van der Waals surface area contributed by atoms with Crippen LogP contribution in [-0.4, -0.2) is 60.1 Å². The van der Waals surface area contributed by atoms with Crippen molar-refractivity contribution >= 4 is 29.4 Å². The maximum absolute atomic E-state index is 12.7. The van der Waals surface area contributed by atoms with E-state index in [0.29, 0.717) is 24.7 Å². The van der Waals surface area contributed by atoms with Gasteiger partial charge in [0.15, 0.2) is 0 Å². The molecule has 1 aromatic heterocycles. The second-order valence-corrected chi connectivity index (χ2v) is 7.27. The topological polar surface area (TPSA) is 77.6 Å². The molecule has 2 N–H and O–H groups in total. The molecule has 0 saturated carbocycles. The summed E-state index contributed by atoms with van der Waals surface area (Å²) >= 11 is 6.21. The van der Waals surface area contributed by atoms with Crippen molar-refractivity contribution in [1.29, 1.82) is 0 Å². The van der Waals surface area contributed by atoms with Crippen molar-refractivity contribution in [1.82, 2.24) is 20.5 Å². The Balaban J connectivity index is 1.62. The number of hydrogen-bond acceptors (Lipinski definition) is 4. The maximum atomic E-state index is 12.7. The number of amides is 3. The van der Waals surface area contributed by atoms with Crippen LogP contribution in [0.2, 0.25) is 5.02 Å². The zero-order valence-corrected chi connectivity index (χ0v) is 15.3. The first-order valence-electron chi connectivity index (χ1n) is 8.67. The minimum Gasteiger partial charge on any atom is -0.353 e. The van der Waals surface area contributed by atoms with E-state index < -0.39 is 6.04 Å². The van der Waals surface area contributed by atoms with Gasteiger partial charge in [0.05, 0.1) is 5.02 Å². The predicted octanol–water partition coefficient (Wildman–Crippen LogP) is 1.48. The molecule has 136 valence electrons. The Morgan fingerprint density at radius 2 is 2.24 bits per heavy atom. The summed E-state index contributed by atoms with van der Waals surface area (Å²) in [5.74, 6) is 0.737. The summed E-state index contributed by atoms with van der Waals surface area (Å²) in [4.78, 5) is 32.9. The van der Waals surface area contributed by atoms with Crippen LogP contribution in [0.15, 0.2) is 18.3 Å². The first-order valence-corrected chi connectivity index (χ1v) is 9.05. The fraction of sp³-hybridized carbons (Fsp3) is 0.588. The van der Waals surface area contributed by atoms with Crippen LogP contribution in [0.1, 0.15) is 20.3 Å². The van der Waals surface area contributed by atoms with Crippen LogP contribution < -0.4 is 15.5 Å². The molecule has 7 nitrogen and oxygen atoms in total. The molecule has 0 aliphatic carbocycles. The fourth-order valence-corrected chi connectivity index (χ4v) is 3.75. The number of nitrogens with one attached hydrogen (secondary N) is 2. The largest absolute Gasteiger partial charge is 0.353 e. The third-order valence-electron chi connectivity index (χ3n) is 4.70. The van der Waals surface area contributed by atoms with Crippen molar-refractivity contribution in [3.63, 3.8) is 0 Å². The summed E-state index contributed by atoms with van der Waals surface area (Å²) in [7, 11) is 0. The first kappa shape index (κ1) is 17.8. The van der Waals surface area contributed by atoms with Crippen LogP contribution in [-0.2, 0) is 4.79 Å². The second kappa shape index (κ2) is 7.47. The van der Waals surface area contributed by atoms with E-state index in [1.165, 1.54) is 0 Å². The summed E-state index contributed by atoms with van der Waals surface area (Å²) in [6.45, 7) is 6.38. The quantitative estimate of drug-likeness (QED) is 0.850. The van der Waals surface area contributed by atoms with Crippen molar-refractivity contribution in [3.05, 3.63) is 23.4 Å². The molecule has 2 saturated heterocycles. The van der Waals surface area contributed by atoms with Gasteiger partial charge in [-0.2, -0.15) is 0 Å². The lowest BCUT2D eigenvalue weighted by Crippen LogP contribution is -2.62. The molecule has 2 atom stereocenters. The van der Waals surface area contributed by atoms with Gasteiger partial charge in [-0.05, 0) is 24.5 Å². The molecule has 0 bridgehead atoms. The number of nitrogens with zero attached hydrogens (tertiary/aromatic N) is 3. The highest BCUT2D eigenvalue weighted by molar-refractivity contribution is 6.32. The van der Waals surface area contributed by atoms with Crippen molar-refractivity contribution in [2.45, 2.75) is 32.4 Å². The lowest BCUT2D eigenvalue weighted by molar-refractivity contribution is -0.129. The molecule has 2 aliphatic rings. The van der Waals surface area contributed by atoms with Gasteiger partial charge in [0.25, 0.3) is 0 Å². The summed E-state index contributed by atoms with van der Waals surface area (Å²) in [6, 6.07) is 3.04. The number of carbonyl (C=O) groups is 2. The molecule has 0 spiro atoms. The SMILES string of the molecule is CC(C)[C@H]1C(=O)NCCN1C(=O)N[C@@H]1CCN(c2ncccc2Cl)C1. The monoisotopic (exact) mass is 365 g/mol. The van der Waals surface area contributed by atoms with E-state index in [4.69, 9.17) is 11.6 Å². The molecule has 3 rings (SSSR count). The number of anilines is 1. The third-order valence-corrected chi connectivity index (χ3v) is 5.00. The molecule has 0 unspecified atom stereocenters. The lowest BCUT2D eigenvalue weighted by atomic mass is 10.00. The third kappa shape index (κ3) is 3.81. The zero-order chi connectivity index (χ0) is 18.0. The zero-order valence-electron chi connectivity index (χ0n) is 14.5.